The van der Waals surface area contributed by atoms with Crippen molar-refractivity contribution in [2.75, 3.05) is 5.73 Å². The molecule has 2 aromatic heterocycles. The van der Waals surface area contributed by atoms with E-state index in [1.54, 1.807) is 0 Å². The average Bonchev–Trinajstić information content (AvgIpc) is 3.31. The minimum Gasteiger partial charge on any atom is -0.384 e. The van der Waals surface area contributed by atoms with E-state index in [9.17, 15) is 0 Å². The van der Waals surface area contributed by atoms with Crippen molar-refractivity contribution < 1.29 is 0 Å². The summed E-state index contributed by atoms with van der Waals surface area (Å²) < 4.78 is 0. The molecule has 1 fully saturated rings. The fourth-order valence-electron chi connectivity index (χ4n) is 2.72. The first-order valence-electron chi connectivity index (χ1n) is 6.91. The predicted octanol–water partition coefficient (Wildman–Crippen LogP) is 3.76. The predicted molar refractivity (Wildman–Crippen MR) is 81.4 cm³/mol. The van der Waals surface area contributed by atoms with Crippen LogP contribution in [0.3, 0.4) is 0 Å². The molecule has 0 spiro atoms. The molecule has 3 aromatic rings. The zero-order valence-corrected chi connectivity index (χ0v) is 11.1. The molecule has 1 saturated carbocycles. The summed E-state index contributed by atoms with van der Waals surface area (Å²) in [5.41, 5.74) is 9.59. The molecular formula is C17H15N3. The zero-order chi connectivity index (χ0) is 13.5. The third-order valence-corrected chi connectivity index (χ3v) is 3.93. The Bertz CT molecular complexity index is 791. The Balaban J connectivity index is 1.88. The van der Waals surface area contributed by atoms with Crippen molar-refractivity contribution in [2.24, 2.45) is 0 Å². The van der Waals surface area contributed by atoms with E-state index in [2.05, 4.69) is 34.2 Å². The molecule has 0 saturated heterocycles. The molecular weight excluding hydrogens is 246 g/mol. The highest BCUT2D eigenvalue weighted by Gasteiger charge is 2.26. The third-order valence-electron chi connectivity index (χ3n) is 3.93. The van der Waals surface area contributed by atoms with Crippen LogP contribution >= 0.6 is 0 Å². The molecule has 2 heterocycles. The Morgan fingerprint density at radius 3 is 2.75 bits per heavy atom. The van der Waals surface area contributed by atoms with Crippen LogP contribution in [0.2, 0.25) is 0 Å². The fraction of sp³-hybridized carbons (Fsp3) is 0.176. The number of hydrogen-bond donors (Lipinski definition) is 1. The van der Waals surface area contributed by atoms with E-state index in [0.29, 0.717) is 11.7 Å². The van der Waals surface area contributed by atoms with Crippen molar-refractivity contribution in [3.63, 3.8) is 0 Å². The van der Waals surface area contributed by atoms with Gasteiger partial charge in [0.2, 0.25) is 0 Å². The average molecular weight is 261 g/mol. The van der Waals surface area contributed by atoms with Crippen molar-refractivity contribution in [2.45, 2.75) is 18.8 Å². The van der Waals surface area contributed by atoms with Crippen molar-refractivity contribution >= 4 is 16.6 Å². The van der Waals surface area contributed by atoms with E-state index < -0.39 is 0 Å². The van der Waals surface area contributed by atoms with E-state index in [1.165, 1.54) is 29.5 Å². The number of nitrogens with zero attached hydrogens (tertiary/aromatic N) is 2. The Labute approximate surface area is 117 Å². The quantitative estimate of drug-likeness (QED) is 0.764. The van der Waals surface area contributed by atoms with E-state index in [4.69, 9.17) is 5.73 Å². The number of hydrogen-bond acceptors (Lipinski definition) is 3. The van der Waals surface area contributed by atoms with Crippen molar-refractivity contribution in [3.8, 4) is 11.1 Å². The lowest BCUT2D eigenvalue weighted by molar-refractivity contribution is 1.11. The maximum atomic E-state index is 5.72. The van der Waals surface area contributed by atoms with Crippen LogP contribution in [0.15, 0.2) is 48.9 Å². The highest BCUT2D eigenvalue weighted by Crippen LogP contribution is 2.44. The largest absolute Gasteiger partial charge is 0.384 e. The molecule has 20 heavy (non-hydrogen) atoms. The first-order chi connectivity index (χ1) is 9.81. The van der Waals surface area contributed by atoms with Crippen LogP contribution in [0, 0.1) is 0 Å². The van der Waals surface area contributed by atoms with Crippen LogP contribution in [-0.4, -0.2) is 9.97 Å². The molecule has 0 bridgehead atoms. The third kappa shape index (κ3) is 1.92. The lowest BCUT2D eigenvalue weighted by atomic mass is 9.97. The first kappa shape index (κ1) is 11.4. The van der Waals surface area contributed by atoms with Gasteiger partial charge in [-0.25, -0.2) is 4.98 Å². The molecule has 2 N–H and O–H groups in total. The minimum absolute atomic E-state index is 0.560. The van der Waals surface area contributed by atoms with Crippen LogP contribution in [0.4, 0.5) is 5.82 Å². The summed E-state index contributed by atoms with van der Waals surface area (Å²) in [5, 5.41) is 2.24. The van der Waals surface area contributed by atoms with E-state index in [1.807, 2.05) is 24.7 Å². The molecule has 1 aliphatic rings. The van der Waals surface area contributed by atoms with Gasteiger partial charge >= 0.3 is 0 Å². The molecule has 0 amide bonds. The lowest BCUT2D eigenvalue weighted by Crippen LogP contribution is -1.91. The maximum absolute atomic E-state index is 5.72. The van der Waals surface area contributed by atoms with Gasteiger partial charge in [-0.1, -0.05) is 12.1 Å². The highest BCUT2D eigenvalue weighted by atomic mass is 14.8. The van der Waals surface area contributed by atoms with Crippen LogP contribution in [0.25, 0.3) is 21.9 Å². The fourth-order valence-corrected chi connectivity index (χ4v) is 2.72. The van der Waals surface area contributed by atoms with Gasteiger partial charge < -0.3 is 5.73 Å². The summed E-state index contributed by atoms with van der Waals surface area (Å²) in [6.45, 7) is 0. The van der Waals surface area contributed by atoms with Gasteiger partial charge in [0.1, 0.15) is 5.82 Å². The molecule has 98 valence electrons. The molecule has 0 unspecified atom stereocenters. The van der Waals surface area contributed by atoms with E-state index >= 15 is 0 Å². The monoisotopic (exact) mass is 261 g/mol. The summed E-state index contributed by atoms with van der Waals surface area (Å²) in [5.74, 6) is 1.28. The van der Waals surface area contributed by atoms with E-state index in [0.717, 1.165) is 10.8 Å². The summed E-state index contributed by atoms with van der Waals surface area (Å²) in [6, 6.07) is 10.5. The van der Waals surface area contributed by atoms with E-state index in [-0.39, 0.29) is 0 Å². The van der Waals surface area contributed by atoms with Gasteiger partial charge in [0.25, 0.3) is 0 Å². The number of anilines is 1. The number of pyridine rings is 2. The first-order valence-corrected chi connectivity index (χ1v) is 6.91. The molecule has 3 nitrogen and oxygen atoms in total. The summed E-state index contributed by atoms with van der Waals surface area (Å²) >= 11 is 0. The zero-order valence-electron chi connectivity index (χ0n) is 11.1. The Morgan fingerprint density at radius 1 is 1.00 bits per heavy atom. The summed E-state index contributed by atoms with van der Waals surface area (Å²) in [6.07, 6.45) is 8.28. The molecule has 1 aliphatic carbocycles. The topological polar surface area (TPSA) is 51.8 Å². The maximum Gasteiger partial charge on any atom is 0.123 e. The number of fused-ring (bicyclic) bond motifs is 1. The minimum atomic E-state index is 0.560. The second kappa shape index (κ2) is 4.30. The van der Waals surface area contributed by atoms with Crippen molar-refractivity contribution in [3.05, 3.63) is 54.5 Å². The number of nitrogen functional groups attached to an aromatic ring is 1. The second-order valence-corrected chi connectivity index (χ2v) is 5.41. The van der Waals surface area contributed by atoms with Crippen LogP contribution in [-0.2, 0) is 0 Å². The Hall–Kier alpha value is -2.42. The van der Waals surface area contributed by atoms with Crippen LogP contribution in [0.5, 0.6) is 0 Å². The molecule has 0 atom stereocenters. The van der Waals surface area contributed by atoms with Gasteiger partial charge in [-0.3, -0.25) is 4.98 Å². The Kier molecular flexibility index (Phi) is 2.46. The van der Waals surface area contributed by atoms with Crippen LogP contribution < -0.4 is 5.73 Å². The lowest BCUT2D eigenvalue weighted by Gasteiger charge is -2.09. The molecule has 3 heteroatoms. The summed E-state index contributed by atoms with van der Waals surface area (Å²) in [7, 11) is 0. The van der Waals surface area contributed by atoms with Gasteiger partial charge in [0.05, 0.1) is 0 Å². The second-order valence-electron chi connectivity index (χ2n) is 5.41. The van der Waals surface area contributed by atoms with Gasteiger partial charge in [0, 0.05) is 29.5 Å². The molecule has 1 aromatic carbocycles. The number of nitrogens with two attached hydrogens (primary N) is 1. The standard InChI is InChI=1S/C17H15N3/c18-17-8-12-3-4-13(7-14(12)9-20-17)16-10-19-6-5-15(16)11-1-2-11/h3-11H,1-2H2,(H2,18,20). The van der Waals surface area contributed by atoms with Crippen molar-refractivity contribution in [1.29, 1.82) is 0 Å². The number of rotatable bonds is 2. The molecule has 0 radical (unpaired) electrons. The summed E-state index contributed by atoms with van der Waals surface area (Å²) in [4.78, 5) is 8.46. The molecule has 0 aliphatic heterocycles. The van der Waals surface area contributed by atoms with Gasteiger partial charge in [-0.05, 0) is 53.5 Å². The SMILES string of the molecule is Nc1cc2ccc(-c3cnccc3C3CC3)cc2cn1. The normalized spacial score (nSPS) is 14.6. The molecule has 4 rings (SSSR count). The van der Waals surface area contributed by atoms with Crippen molar-refractivity contribution in [1.82, 2.24) is 9.97 Å². The Morgan fingerprint density at radius 2 is 1.90 bits per heavy atom. The smallest absolute Gasteiger partial charge is 0.123 e. The highest BCUT2D eigenvalue weighted by molar-refractivity contribution is 5.88. The van der Waals surface area contributed by atoms with Gasteiger partial charge in [-0.15, -0.1) is 0 Å². The van der Waals surface area contributed by atoms with Gasteiger partial charge in [-0.2, -0.15) is 0 Å². The van der Waals surface area contributed by atoms with Gasteiger partial charge in [0.15, 0.2) is 0 Å². The number of benzene rings is 1. The number of aromatic nitrogens is 2. The van der Waals surface area contributed by atoms with Crippen LogP contribution in [0.1, 0.15) is 24.3 Å².